The topological polar surface area (TPSA) is 20.2 Å². The SMILES string of the molecule is CC(C)CCC[C@@H](C)[C@H]1CCC2C3C[C]([Hg][Cl])=C4C[C@@H](O)CC[C@]4(C)C3CC[C@@]21C. The van der Waals surface area contributed by atoms with Gasteiger partial charge in [0.05, 0.1) is 0 Å². The van der Waals surface area contributed by atoms with Gasteiger partial charge in [-0.25, -0.2) is 0 Å². The molecule has 0 aromatic rings. The van der Waals surface area contributed by atoms with Crippen molar-refractivity contribution in [1.82, 2.24) is 0 Å². The zero-order valence-electron chi connectivity index (χ0n) is 20.4. The van der Waals surface area contributed by atoms with Gasteiger partial charge in [0.2, 0.25) is 0 Å². The second-order valence-electron chi connectivity index (χ2n) is 12.6. The summed E-state index contributed by atoms with van der Waals surface area (Å²) in [6, 6.07) is 0. The molecule has 30 heavy (non-hydrogen) atoms. The number of hydrogen-bond donors (Lipinski definition) is 1. The summed E-state index contributed by atoms with van der Waals surface area (Å²) in [5, 5.41) is 10.4. The van der Waals surface area contributed by atoms with E-state index in [1.54, 1.807) is 8.65 Å². The minimum atomic E-state index is -1.46. The van der Waals surface area contributed by atoms with E-state index in [9.17, 15) is 5.11 Å². The second kappa shape index (κ2) is 9.29. The third-order valence-electron chi connectivity index (χ3n) is 10.7. The van der Waals surface area contributed by atoms with E-state index in [2.05, 4.69) is 34.6 Å². The number of halogens is 1. The molecule has 0 radical (unpaired) electrons. The van der Waals surface area contributed by atoms with E-state index >= 15 is 0 Å². The van der Waals surface area contributed by atoms with Crippen LogP contribution in [0, 0.1) is 46.3 Å². The van der Waals surface area contributed by atoms with Gasteiger partial charge in [-0.15, -0.1) is 0 Å². The Hall–Kier alpha value is 0.925. The van der Waals surface area contributed by atoms with E-state index in [0.717, 1.165) is 48.3 Å². The number of fused-ring (bicyclic) bond motifs is 5. The van der Waals surface area contributed by atoms with Gasteiger partial charge in [0.25, 0.3) is 0 Å². The molecule has 0 saturated heterocycles. The van der Waals surface area contributed by atoms with Gasteiger partial charge in [0.15, 0.2) is 0 Å². The van der Waals surface area contributed by atoms with Crippen molar-refractivity contribution in [1.29, 1.82) is 0 Å². The zero-order valence-corrected chi connectivity index (χ0v) is 26.6. The van der Waals surface area contributed by atoms with Crippen molar-refractivity contribution in [2.75, 3.05) is 0 Å². The number of hydrogen-bond acceptors (Lipinski definition) is 1. The van der Waals surface area contributed by atoms with Crippen molar-refractivity contribution in [3.8, 4) is 0 Å². The molecule has 3 heteroatoms. The van der Waals surface area contributed by atoms with E-state index in [1.165, 1.54) is 57.8 Å². The monoisotopic (exact) mass is 622 g/mol. The quantitative estimate of drug-likeness (QED) is 0.299. The van der Waals surface area contributed by atoms with Crippen LogP contribution in [0.3, 0.4) is 0 Å². The van der Waals surface area contributed by atoms with Gasteiger partial charge < -0.3 is 0 Å². The molecule has 1 nitrogen and oxygen atoms in total. The summed E-state index contributed by atoms with van der Waals surface area (Å²) in [4.78, 5) is 0. The van der Waals surface area contributed by atoms with Crippen LogP contribution < -0.4 is 0 Å². The normalized spacial score (nSPS) is 44.3. The molecule has 0 spiro atoms. The molecule has 0 aromatic carbocycles. The fourth-order valence-corrected chi connectivity index (χ4v) is 15.9. The molecular weight excluding hydrogens is 576 g/mol. The summed E-state index contributed by atoms with van der Waals surface area (Å²) >= 11 is -1.46. The number of aliphatic hydroxyl groups excluding tert-OH is 1. The van der Waals surface area contributed by atoms with Crippen molar-refractivity contribution in [3.05, 3.63) is 8.65 Å². The fourth-order valence-electron chi connectivity index (χ4n) is 9.08. The van der Waals surface area contributed by atoms with Crippen LogP contribution in [-0.4, -0.2) is 11.2 Å². The molecule has 4 aliphatic rings. The van der Waals surface area contributed by atoms with Crippen molar-refractivity contribution in [2.45, 2.75) is 111 Å². The van der Waals surface area contributed by atoms with Crippen LogP contribution >= 0.6 is 8.25 Å². The van der Waals surface area contributed by atoms with E-state index in [1.807, 2.05) is 0 Å². The van der Waals surface area contributed by atoms with Crippen LogP contribution in [0.15, 0.2) is 8.65 Å². The summed E-state index contributed by atoms with van der Waals surface area (Å²) in [7, 11) is 6.76. The summed E-state index contributed by atoms with van der Waals surface area (Å²) < 4.78 is 1.73. The molecule has 3 unspecified atom stereocenters. The van der Waals surface area contributed by atoms with Crippen molar-refractivity contribution >= 4 is 8.25 Å². The third-order valence-corrected chi connectivity index (χ3v) is 17.5. The minimum absolute atomic E-state index is 0.104. The van der Waals surface area contributed by atoms with Crippen LogP contribution in [0.2, 0.25) is 0 Å². The van der Waals surface area contributed by atoms with Gasteiger partial charge in [-0.2, -0.15) is 0 Å². The predicted molar refractivity (Wildman–Crippen MR) is 124 cm³/mol. The zero-order chi connectivity index (χ0) is 21.7. The molecule has 4 rings (SSSR count). The first kappa shape index (κ1) is 24.1. The molecular formula is C27H45ClHgO. The van der Waals surface area contributed by atoms with Crippen LogP contribution in [-0.2, 0) is 23.3 Å². The average Bonchev–Trinajstić information content (AvgIpc) is 3.05. The first-order valence-electron chi connectivity index (χ1n) is 13.2. The van der Waals surface area contributed by atoms with Gasteiger partial charge in [-0.3, -0.25) is 0 Å². The van der Waals surface area contributed by atoms with Gasteiger partial charge >= 0.3 is 203 Å². The average molecular weight is 622 g/mol. The first-order valence-corrected chi connectivity index (χ1v) is 22.7. The van der Waals surface area contributed by atoms with E-state index in [4.69, 9.17) is 8.25 Å². The van der Waals surface area contributed by atoms with Crippen molar-refractivity contribution in [3.63, 3.8) is 0 Å². The number of allylic oxidation sites excluding steroid dienone is 1. The molecule has 0 heterocycles. The Morgan fingerprint density at radius 2 is 1.77 bits per heavy atom. The Bertz CT molecular complexity index is 659. The Labute approximate surface area is 202 Å². The molecule has 0 aromatic heterocycles. The molecule has 1 N–H and O–H groups in total. The molecule has 4 aliphatic carbocycles. The second-order valence-corrected chi connectivity index (χ2v) is 19.3. The van der Waals surface area contributed by atoms with Gasteiger partial charge in [0, 0.05) is 0 Å². The third kappa shape index (κ3) is 4.13. The molecule has 0 aliphatic heterocycles. The van der Waals surface area contributed by atoms with Crippen LogP contribution in [0.25, 0.3) is 0 Å². The predicted octanol–water partition coefficient (Wildman–Crippen LogP) is 7.95. The molecule has 0 bridgehead atoms. The molecule has 8 atom stereocenters. The summed E-state index contributed by atoms with van der Waals surface area (Å²) in [6.07, 6.45) is 14.4. The Kier molecular flexibility index (Phi) is 7.45. The van der Waals surface area contributed by atoms with Crippen LogP contribution in [0.1, 0.15) is 105 Å². The standard InChI is InChI=1S/C27H45O.ClH.Hg/c1-18(2)7-6-8-19(3)23-11-12-24-22-10-9-20-17-21(28)13-15-26(20,4)25(22)14-16-27(23,24)5;;/h18-19,21-25,28H,6-8,10-17H2,1-5H3;1H;/q;;+1/p-1/t19-,21+,22?,23-,24?,25?,26+,27-;;/m1../s1. The maximum atomic E-state index is 10.4. The van der Waals surface area contributed by atoms with Gasteiger partial charge in [-0.05, 0) is 0 Å². The van der Waals surface area contributed by atoms with Crippen molar-refractivity contribution in [2.24, 2.45) is 46.3 Å². The molecule has 0 amide bonds. The Balaban J connectivity index is 1.55. The molecule has 3 saturated carbocycles. The molecule has 3 fully saturated rings. The Morgan fingerprint density at radius 3 is 2.47 bits per heavy atom. The van der Waals surface area contributed by atoms with E-state index < -0.39 is 23.3 Å². The number of aliphatic hydroxyl groups is 1. The fraction of sp³-hybridized carbons (Fsp3) is 0.926. The van der Waals surface area contributed by atoms with Crippen LogP contribution in [0.4, 0.5) is 0 Å². The Morgan fingerprint density at radius 1 is 1.00 bits per heavy atom. The summed E-state index contributed by atoms with van der Waals surface area (Å²) in [5.41, 5.74) is 2.59. The summed E-state index contributed by atoms with van der Waals surface area (Å²) in [5.74, 6) is 5.33. The summed E-state index contributed by atoms with van der Waals surface area (Å²) in [6.45, 7) is 12.6. The van der Waals surface area contributed by atoms with Crippen LogP contribution in [0.5, 0.6) is 0 Å². The molecule has 168 valence electrons. The van der Waals surface area contributed by atoms with Gasteiger partial charge in [-0.1, -0.05) is 0 Å². The van der Waals surface area contributed by atoms with Gasteiger partial charge in [0.1, 0.15) is 0 Å². The van der Waals surface area contributed by atoms with E-state index in [0.29, 0.717) is 10.8 Å². The number of rotatable bonds is 6. The van der Waals surface area contributed by atoms with E-state index in [-0.39, 0.29) is 6.10 Å². The van der Waals surface area contributed by atoms with Crippen molar-refractivity contribution < 1.29 is 28.4 Å². The maximum absolute atomic E-state index is 10.4. The first-order chi connectivity index (χ1) is 14.2.